The molecule has 2 heteroatoms. The summed E-state index contributed by atoms with van der Waals surface area (Å²) in [6, 6.07) is 3.97. The van der Waals surface area contributed by atoms with Gasteiger partial charge >= 0.3 is 0 Å². The molecule has 0 atom stereocenters. The largest absolute Gasteiger partial charge is 0.496 e. The van der Waals surface area contributed by atoms with Crippen molar-refractivity contribution in [2.45, 2.75) is 13.3 Å². The summed E-state index contributed by atoms with van der Waals surface area (Å²) in [5.74, 6) is 2.89. The second-order valence-electron chi connectivity index (χ2n) is 2.57. The number of benzene rings is 1. The van der Waals surface area contributed by atoms with E-state index in [9.17, 15) is 0 Å². The zero-order chi connectivity index (χ0) is 7.84. The van der Waals surface area contributed by atoms with Gasteiger partial charge in [0.1, 0.15) is 5.75 Å². The number of hydrogen-bond donors (Lipinski definition) is 0. The van der Waals surface area contributed by atoms with Crippen molar-refractivity contribution in [1.29, 1.82) is 0 Å². The number of rotatable bonds is 2. The molecule has 2 nitrogen and oxygen atoms in total. The maximum Gasteiger partial charge on any atom is 0.173 e. The van der Waals surface area contributed by atoms with Crippen molar-refractivity contribution in [2.24, 2.45) is 0 Å². The molecular weight excluding hydrogens is 140 g/mol. The topological polar surface area (TPSA) is 21.8 Å². The molecule has 11 heavy (non-hydrogen) atoms. The van der Waals surface area contributed by atoms with E-state index in [1.54, 1.807) is 7.11 Å². The molecule has 0 aromatic heterocycles. The summed E-state index contributed by atoms with van der Waals surface area (Å²) in [5.41, 5.74) is 1.21. The number of fused-ring (bicyclic) bond motifs is 1. The molecule has 0 bridgehead atoms. The van der Waals surface area contributed by atoms with Crippen LogP contribution in [0.3, 0.4) is 0 Å². The van der Waals surface area contributed by atoms with Crippen LogP contribution >= 0.6 is 0 Å². The molecule has 0 fully saturated rings. The first-order valence-corrected chi connectivity index (χ1v) is 3.74. The third-order valence-electron chi connectivity index (χ3n) is 1.91. The van der Waals surface area contributed by atoms with E-state index in [4.69, 9.17) is 9.47 Å². The van der Waals surface area contributed by atoms with Gasteiger partial charge in [-0.1, -0.05) is 6.92 Å². The monoisotopic (exact) mass is 150 g/mol. The second kappa shape index (κ2) is 2.16. The zero-order valence-corrected chi connectivity index (χ0v) is 6.68. The van der Waals surface area contributed by atoms with Crippen molar-refractivity contribution in [1.82, 2.24) is 0 Å². The van der Waals surface area contributed by atoms with Crippen LogP contribution in [0, 0.1) is 0 Å². The van der Waals surface area contributed by atoms with Crippen LogP contribution in [0.4, 0.5) is 0 Å². The molecule has 0 aliphatic carbocycles. The summed E-state index contributed by atoms with van der Waals surface area (Å²) < 4.78 is 10.3. The molecule has 1 heterocycles. The zero-order valence-electron chi connectivity index (χ0n) is 6.68. The minimum Gasteiger partial charge on any atom is -0.496 e. The van der Waals surface area contributed by atoms with Gasteiger partial charge in [0.05, 0.1) is 7.11 Å². The Morgan fingerprint density at radius 2 is 2.09 bits per heavy atom. The molecule has 1 aliphatic heterocycles. The van der Waals surface area contributed by atoms with Gasteiger partial charge in [-0.2, -0.15) is 0 Å². The molecule has 0 radical (unpaired) electrons. The highest BCUT2D eigenvalue weighted by molar-refractivity contribution is 5.60. The fourth-order valence-corrected chi connectivity index (χ4v) is 1.20. The maximum atomic E-state index is 5.17. The van der Waals surface area contributed by atoms with E-state index in [2.05, 4.69) is 6.92 Å². The Labute approximate surface area is 65.7 Å². The lowest BCUT2D eigenvalue weighted by Crippen LogP contribution is -1.86. The number of methoxy groups -OCH3 is 1. The van der Waals surface area contributed by atoms with Crippen LogP contribution in [-0.2, 0) is 6.42 Å². The molecule has 0 N–H and O–H groups in total. The van der Waals surface area contributed by atoms with E-state index in [1.165, 1.54) is 5.56 Å². The van der Waals surface area contributed by atoms with Crippen molar-refractivity contribution < 1.29 is 9.47 Å². The first-order chi connectivity index (χ1) is 5.35. The Morgan fingerprint density at radius 3 is 2.73 bits per heavy atom. The quantitative estimate of drug-likeness (QED) is 0.613. The molecule has 1 aromatic rings. The Morgan fingerprint density at radius 1 is 1.36 bits per heavy atom. The first-order valence-electron chi connectivity index (χ1n) is 3.74. The SMILES string of the molecule is CCc1cc2c(cc1OC)O2. The van der Waals surface area contributed by atoms with Crippen LogP contribution in [0.1, 0.15) is 12.5 Å². The van der Waals surface area contributed by atoms with E-state index >= 15 is 0 Å². The molecule has 0 saturated heterocycles. The first kappa shape index (κ1) is 6.53. The predicted octanol–water partition coefficient (Wildman–Crippen LogP) is 2.36. The molecule has 0 amide bonds. The van der Waals surface area contributed by atoms with Crippen molar-refractivity contribution in [3.63, 3.8) is 0 Å². The standard InChI is InChI=1S/C9H10O2/c1-3-6-4-8-9(11-8)5-7(6)10-2/h4-5H,3H2,1-2H3. The van der Waals surface area contributed by atoms with Crippen molar-refractivity contribution in [2.75, 3.05) is 7.11 Å². The lowest BCUT2D eigenvalue weighted by atomic mass is 10.1. The van der Waals surface area contributed by atoms with Gasteiger partial charge in [-0.25, -0.2) is 0 Å². The highest BCUT2D eigenvalue weighted by atomic mass is 16.6. The van der Waals surface area contributed by atoms with Crippen molar-refractivity contribution in [3.05, 3.63) is 17.7 Å². The number of hydrogen-bond acceptors (Lipinski definition) is 2. The minimum atomic E-state index is 0.934. The van der Waals surface area contributed by atoms with Gasteiger partial charge in [-0.3, -0.25) is 0 Å². The lowest BCUT2D eigenvalue weighted by molar-refractivity contribution is 0.410. The smallest absolute Gasteiger partial charge is 0.173 e. The molecular formula is C9H10O2. The fourth-order valence-electron chi connectivity index (χ4n) is 1.20. The van der Waals surface area contributed by atoms with Crippen molar-refractivity contribution in [3.8, 4) is 17.2 Å². The van der Waals surface area contributed by atoms with Crippen LogP contribution in [0.15, 0.2) is 12.1 Å². The third kappa shape index (κ3) is 0.946. The third-order valence-corrected chi connectivity index (χ3v) is 1.91. The van der Waals surface area contributed by atoms with Gasteiger partial charge in [0, 0.05) is 6.07 Å². The summed E-state index contributed by atoms with van der Waals surface area (Å²) in [4.78, 5) is 0. The summed E-state index contributed by atoms with van der Waals surface area (Å²) in [6.45, 7) is 2.10. The molecule has 1 aliphatic rings. The Bertz CT molecular complexity index is 263. The van der Waals surface area contributed by atoms with Crippen LogP contribution < -0.4 is 9.47 Å². The Kier molecular flexibility index (Phi) is 1.28. The molecule has 1 aromatic carbocycles. The summed E-state index contributed by atoms with van der Waals surface area (Å²) >= 11 is 0. The van der Waals surface area contributed by atoms with Gasteiger partial charge in [0.25, 0.3) is 0 Å². The van der Waals surface area contributed by atoms with Crippen LogP contribution in [0.5, 0.6) is 17.2 Å². The normalized spacial score (nSPS) is 11.8. The lowest BCUT2D eigenvalue weighted by Gasteiger charge is -2.01. The van der Waals surface area contributed by atoms with Crippen LogP contribution in [-0.4, -0.2) is 7.11 Å². The molecule has 0 spiro atoms. The summed E-state index contributed by atoms with van der Waals surface area (Å²) in [5, 5.41) is 0. The van der Waals surface area contributed by atoms with Crippen LogP contribution in [0.2, 0.25) is 0 Å². The predicted molar refractivity (Wildman–Crippen MR) is 42.4 cm³/mol. The van der Waals surface area contributed by atoms with E-state index in [0.717, 1.165) is 23.7 Å². The van der Waals surface area contributed by atoms with Gasteiger partial charge in [0.2, 0.25) is 0 Å². The number of aryl methyl sites for hydroxylation is 1. The average Bonchev–Trinajstić information content (AvgIpc) is 2.79. The molecule has 58 valence electrons. The highest BCUT2D eigenvalue weighted by Crippen LogP contribution is 2.48. The minimum absolute atomic E-state index is 0.934. The Hall–Kier alpha value is -1.18. The Balaban J connectivity index is 2.45. The van der Waals surface area contributed by atoms with E-state index in [1.807, 2.05) is 12.1 Å². The van der Waals surface area contributed by atoms with E-state index in [-0.39, 0.29) is 0 Å². The average molecular weight is 150 g/mol. The van der Waals surface area contributed by atoms with Gasteiger partial charge in [0.15, 0.2) is 11.5 Å². The van der Waals surface area contributed by atoms with E-state index < -0.39 is 0 Å². The van der Waals surface area contributed by atoms with Crippen molar-refractivity contribution >= 4 is 0 Å². The summed E-state index contributed by atoms with van der Waals surface area (Å²) in [6.07, 6.45) is 0.986. The van der Waals surface area contributed by atoms with Gasteiger partial charge < -0.3 is 9.47 Å². The molecule has 0 unspecified atom stereocenters. The van der Waals surface area contributed by atoms with Gasteiger partial charge in [-0.15, -0.1) is 0 Å². The number of ether oxygens (including phenoxy) is 2. The highest BCUT2D eigenvalue weighted by Gasteiger charge is 2.22. The summed E-state index contributed by atoms with van der Waals surface area (Å²) in [7, 11) is 1.68. The maximum absolute atomic E-state index is 5.17. The van der Waals surface area contributed by atoms with Crippen LogP contribution in [0.25, 0.3) is 0 Å². The van der Waals surface area contributed by atoms with E-state index in [0.29, 0.717) is 0 Å². The molecule has 2 rings (SSSR count). The fraction of sp³-hybridized carbons (Fsp3) is 0.333. The second-order valence-corrected chi connectivity index (χ2v) is 2.57. The van der Waals surface area contributed by atoms with Gasteiger partial charge in [-0.05, 0) is 18.1 Å². The molecule has 0 saturated carbocycles.